The standard InChI is InChI=1S/C10H15NS/c1-3-6-9(2)12-10-7-4-5-8-11-10/h4-5,7-9H,3,6H2,1-2H3. The minimum absolute atomic E-state index is 0.685. The molecule has 1 atom stereocenters. The van der Waals surface area contributed by atoms with Gasteiger partial charge in [-0.05, 0) is 18.6 Å². The number of hydrogen-bond donors (Lipinski definition) is 0. The number of pyridine rings is 1. The first-order chi connectivity index (χ1) is 5.83. The maximum atomic E-state index is 4.26. The highest BCUT2D eigenvalue weighted by Crippen LogP contribution is 2.23. The highest BCUT2D eigenvalue weighted by atomic mass is 32.2. The second kappa shape index (κ2) is 5.20. The summed E-state index contributed by atoms with van der Waals surface area (Å²) in [6.07, 6.45) is 4.36. The molecule has 1 heterocycles. The molecule has 1 aromatic heterocycles. The van der Waals surface area contributed by atoms with Crippen LogP contribution in [-0.4, -0.2) is 10.2 Å². The van der Waals surface area contributed by atoms with Gasteiger partial charge in [0.15, 0.2) is 0 Å². The zero-order chi connectivity index (χ0) is 8.81. The summed E-state index contributed by atoms with van der Waals surface area (Å²) >= 11 is 1.86. The van der Waals surface area contributed by atoms with Gasteiger partial charge in [-0.15, -0.1) is 11.8 Å². The highest BCUT2D eigenvalue weighted by molar-refractivity contribution is 7.99. The minimum atomic E-state index is 0.685. The van der Waals surface area contributed by atoms with Crippen LogP contribution in [0.4, 0.5) is 0 Å². The van der Waals surface area contributed by atoms with Crippen molar-refractivity contribution in [3.05, 3.63) is 24.4 Å². The van der Waals surface area contributed by atoms with Crippen molar-refractivity contribution in [3.8, 4) is 0 Å². The van der Waals surface area contributed by atoms with Crippen molar-refractivity contribution >= 4 is 11.8 Å². The summed E-state index contributed by atoms with van der Waals surface area (Å²) < 4.78 is 0. The summed E-state index contributed by atoms with van der Waals surface area (Å²) in [5.41, 5.74) is 0. The van der Waals surface area contributed by atoms with Gasteiger partial charge in [0.05, 0.1) is 5.03 Å². The number of hydrogen-bond acceptors (Lipinski definition) is 2. The lowest BCUT2D eigenvalue weighted by molar-refractivity contribution is 0.785. The highest BCUT2D eigenvalue weighted by Gasteiger charge is 2.02. The Labute approximate surface area is 78.6 Å². The van der Waals surface area contributed by atoms with E-state index in [0.717, 1.165) is 5.03 Å². The third kappa shape index (κ3) is 3.26. The second-order valence-electron chi connectivity index (χ2n) is 2.89. The summed E-state index contributed by atoms with van der Waals surface area (Å²) in [5.74, 6) is 0. The van der Waals surface area contributed by atoms with E-state index in [1.54, 1.807) is 0 Å². The van der Waals surface area contributed by atoms with Crippen molar-refractivity contribution in [1.29, 1.82) is 0 Å². The smallest absolute Gasteiger partial charge is 0.0962 e. The third-order valence-electron chi connectivity index (χ3n) is 1.65. The van der Waals surface area contributed by atoms with Gasteiger partial charge >= 0.3 is 0 Å². The fourth-order valence-corrected chi connectivity index (χ4v) is 2.13. The first-order valence-corrected chi connectivity index (χ1v) is 5.28. The second-order valence-corrected chi connectivity index (χ2v) is 4.34. The van der Waals surface area contributed by atoms with Gasteiger partial charge < -0.3 is 0 Å². The Morgan fingerprint density at radius 2 is 2.33 bits per heavy atom. The van der Waals surface area contributed by atoms with Crippen molar-refractivity contribution in [2.75, 3.05) is 0 Å². The van der Waals surface area contributed by atoms with Crippen LogP contribution in [-0.2, 0) is 0 Å². The summed E-state index contributed by atoms with van der Waals surface area (Å²) in [7, 11) is 0. The molecule has 0 saturated carbocycles. The first-order valence-electron chi connectivity index (χ1n) is 4.40. The molecule has 0 radical (unpaired) electrons. The summed E-state index contributed by atoms with van der Waals surface area (Å²) in [6, 6.07) is 6.05. The Morgan fingerprint density at radius 1 is 1.50 bits per heavy atom. The molecule has 0 amide bonds. The summed E-state index contributed by atoms with van der Waals surface area (Å²) in [6.45, 7) is 4.47. The molecule has 0 bridgehead atoms. The third-order valence-corrected chi connectivity index (χ3v) is 2.78. The van der Waals surface area contributed by atoms with Crippen LogP contribution >= 0.6 is 11.8 Å². The van der Waals surface area contributed by atoms with E-state index in [1.165, 1.54) is 12.8 Å². The van der Waals surface area contributed by atoms with Gasteiger partial charge in [-0.2, -0.15) is 0 Å². The van der Waals surface area contributed by atoms with E-state index < -0.39 is 0 Å². The molecule has 12 heavy (non-hydrogen) atoms. The van der Waals surface area contributed by atoms with Gasteiger partial charge in [-0.25, -0.2) is 4.98 Å². The molecule has 0 spiro atoms. The molecule has 0 fully saturated rings. The van der Waals surface area contributed by atoms with Gasteiger partial charge in [0.25, 0.3) is 0 Å². The molecule has 2 heteroatoms. The van der Waals surface area contributed by atoms with E-state index in [4.69, 9.17) is 0 Å². The van der Waals surface area contributed by atoms with Gasteiger partial charge in [-0.3, -0.25) is 0 Å². The van der Waals surface area contributed by atoms with Gasteiger partial charge in [0.1, 0.15) is 0 Å². The largest absolute Gasteiger partial charge is 0.250 e. The summed E-state index contributed by atoms with van der Waals surface area (Å²) in [4.78, 5) is 4.26. The van der Waals surface area contributed by atoms with Crippen LogP contribution in [0.2, 0.25) is 0 Å². The van der Waals surface area contributed by atoms with Crippen molar-refractivity contribution in [3.63, 3.8) is 0 Å². The molecular weight excluding hydrogens is 166 g/mol. The topological polar surface area (TPSA) is 12.9 Å². The van der Waals surface area contributed by atoms with Crippen LogP contribution in [0.25, 0.3) is 0 Å². The van der Waals surface area contributed by atoms with Crippen molar-refractivity contribution < 1.29 is 0 Å². The number of thioether (sulfide) groups is 1. The van der Waals surface area contributed by atoms with Crippen LogP contribution in [0.5, 0.6) is 0 Å². The van der Waals surface area contributed by atoms with E-state index in [1.807, 2.05) is 30.1 Å². The Kier molecular flexibility index (Phi) is 4.15. The number of rotatable bonds is 4. The van der Waals surface area contributed by atoms with Crippen LogP contribution in [0.1, 0.15) is 26.7 Å². The fourth-order valence-electron chi connectivity index (χ4n) is 1.09. The minimum Gasteiger partial charge on any atom is -0.250 e. The summed E-state index contributed by atoms with van der Waals surface area (Å²) in [5, 5.41) is 1.82. The number of aromatic nitrogens is 1. The molecule has 1 nitrogen and oxygen atoms in total. The molecule has 0 N–H and O–H groups in total. The molecule has 0 saturated heterocycles. The van der Waals surface area contributed by atoms with Crippen molar-refractivity contribution in [2.45, 2.75) is 37.0 Å². The average Bonchev–Trinajstić information content (AvgIpc) is 2.06. The van der Waals surface area contributed by atoms with Crippen molar-refractivity contribution in [2.24, 2.45) is 0 Å². The number of nitrogens with zero attached hydrogens (tertiary/aromatic N) is 1. The van der Waals surface area contributed by atoms with Gasteiger partial charge in [0, 0.05) is 11.4 Å². The molecule has 1 rings (SSSR count). The first kappa shape index (κ1) is 9.59. The molecule has 0 aliphatic rings. The van der Waals surface area contributed by atoms with Crippen molar-refractivity contribution in [1.82, 2.24) is 4.98 Å². The van der Waals surface area contributed by atoms with Crippen LogP contribution < -0.4 is 0 Å². The Balaban J connectivity index is 2.41. The average molecular weight is 181 g/mol. The fraction of sp³-hybridized carbons (Fsp3) is 0.500. The van der Waals surface area contributed by atoms with Crippen LogP contribution in [0, 0.1) is 0 Å². The molecule has 1 aromatic rings. The molecule has 0 aliphatic heterocycles. The maximum absolute atomic E-state index is 4.26. The lowest BCUT2D eigenvalue weighted by Gasteiger charge is -2.07. The molecule has 0 aliphatic carbocycles. The van der Waals surface area contributed by atoms with E-state index in [-0.39, 0.29) is 0 Å². The molecule has 66 valence electrons. The van der Waals surface area contributed by atoms with E-state index >= 15 is 0 Å². The maximum Gasteiger partial charge on any atom is 0.0962 e. The van der Waals surface area contributed by atoms with E-state index in [0.29, 0.717) is 5.25 Å². The van der Waals surface area contributed by atoms with E-state index in [9.17, 15) is 0 Å². The lowest BCUT2D eigenvalue weighted by atomic mass is 10.3. The normalized spacial score (nSPS) is 12.8. The van der Waals surface area contributed by atoms with Gasteiger partial charge in [-0.1, -0.05) is 26.3 Å². The quantitative estimate of drug-likeness (QED) is 0.661. The van der Waals surface area contributed by atoms with Gasteiger partial charge in [0.2, 0.25) is 0 Å². The van der Waals surface area contributed by atoms with Crippen LogP contribution in [0.3, 0.4) is 0 Å². The predicted molar refractivity (Wildman–Crippen MR) is 54.5 cm³/mol. The molecule has 1 unspecified atom stereocenters. The van der Waals surface area contributed by atoms with E-state index in [2.05, 4.69) is 24.9 Å². The molecule has 0 aromatic carbocycles. The SMILES string of the molecule is CCCC(C)Sc1ccccn1. The Bertz CT molecular complexity index is 210. The zero-order valence-corrected chi connectivity index (χ0v) is 8.47. The molecular formula is C10H15NS. The lowest BCUT2D eigenvalue weighted by Crippen LogP contribution is -1.94. The monoisotopic (exact) mass is 181 g/mol. The Morgan fingerprint density at radius 3 is 2.92 bits per heavy atom. The Hall–Kier alpha value is -0.500. The van der Waals surface area contributed by atoms with Crippen LogP contribution in [0.15, 0.2) is 29.4 Å². The predicted octanol–water partition coefficient (Wildman–Crippen LogP) is 3.36. The zero-order valence-electron chi connectivity index (χ0n) is 7.66.